The van der Waals surface area contributed by atoms with Gasteiger partial charge in [-0.2, -0.15) is 0 Å². The van der Waals surface area contributed by atoms with Gasteiger partial charge < -0.3 is 9.15 Å². The van der Waals surface area contributed by atoms with Crippen LogP contribution in [0.5, 0.6) is 0 Å². The summed E-state index contributed by atoms with van der Waals surface area (Å²) in [7, 11) is 0. The summed E-state index contributed by atoms with van der Waals surface area (Å²) in [4.78, 5) is 9.93. The first-order valence-corrected chi connectivity index (χ1v) is 4.41. The smallest absolute Gasteiger partial charge is 0.293 e. The number of hydrogen-bond donors (Lipinski definition) is 0. The van der Waals surface area contributed by atoms with Crippen molar-refractivity contribution in [1.29, 1.82) is 0 Å². The number of benzene rings is 1. The maximum absolute atomic E-state index is 9.93. The summed E-state index contributed by atoms with van der Waals surface area (Å²) in [5.74, 6) is 0. The Hall–Kier alpha value is -1.77. The first kappa shape index (κ1) is 8.81. The third-order valence-electron chi connectivity index (χ3n) is 2.10. The number of rotatable bonds is 4. The molecule has 0 amide bonds. The SMILES string of the molecule is O=COCCc1ccc2ccoc2c1. The highest BCUT2D eigenvalue weighted by Gasteiger charge is 1.98. The number of furan rings is 1. The molecule has 0 aliphatic carbocycles. The fraction of sp³-hybridized carbons (Fsp3) is 0.182. The van der Waals surface area contributed by atoms with Crippen LogP contribution in [0.4, 0.5) is 0 Å². The zero-order chi connectivity index (χ0) is 9.80. The van der Waals surface area contributed by atoms with Crippen molar-refractivity contribution in [3.05, 3.63) is 36.1 Å². The molecule has 0 fully saturated rings. The molecular formula is C11H10O3. The zero-order valence-corrected chi connectivity index (χ0v) is 7.60. The molecule has 14 heavy (non-hydrogen) atoms. The molecule has 0 aliphatic rings. The Morgan fingerprint density at radius 2 is 2.29 bits per heavy atom. The summed E-state index contributed by atoms with van der Waals surface area (Å²) in [6.45, 7) is 0.876. The summed E-state index contributed by atoms with van der Waals surface area (Å²) >= 11 is 0. The van der Waals surface area contributed by atoms with Gasteiger partial charge in [-0.1, -0.05) is 12.1 Å². The van der Waals surface area contributed by atoms with Crippen molar-refractivity contribution in [2.75, 3.05) is 6.61 Å². The molecule has 0 N–H and O–H groups in total. The van der Waals surface area contributed by atoms with Gasteiger partial charge in [-0.15, -0.1) is 0 Å². The van der Waals surface area contributed by atoms with Crippen LogP contribution in [-0.2, 0) is 16.0 Å². The van der Waals surface area contributed by atoms with Crippen LogP contribution in [0.3, 0.4) is 0 Å². The molecule has 0 atom stereocenters. The minimum Gasteiger partial charge on any atom is -0.468 e. The molecule has 0 radical (unpaired) electrons. The summed E-state index contributed by atoms with van der Waals surface area (Å²) in [6.07, 6.45) is 2.38. The highest BCUT2D eigenvalue weighted by molar-refractivity contribution is 5.77. The molecule has 0 saturated heterocycles. The van der Waals surface area contributed by atoms with Crippen LogP contribution >= 0.6 is 0 Å². The van der Waals surface area contributed by atoms with Gasteiger partial charge in [-0.05, 0) is 17.7 Å². The van der Waals surface area contributed by atoms with E-state index in [0.29, 0.717) is 13.1 Å². The topological polar surface area (TPSA) is 39.4 Å². The third kappa shape index (κ3) is 1.76. The van der Waals surface area contributed by atoms with Gasteiger partial charge in [0.15, 0.2) is 0 Å². The normalized spacial score (nSPS) is 10.3. The number of hydrogen-bond acceptors (Lipinski definition) is 3. The molecule has 0 unspecified atom stereocenters. The van der Waals surface area contributed by atoms with E-state index in [1.807, 2.05) is 24.3 Å². The Morgan fingerprint density at radius 1 is 1.36 bits per heavy atom. The lowest BCUT2D eigenvalue weighted by atomic mass is 10.1. The predicted molar refractivity (Wildman–Crippen MR) is 51.9 cm³/mol. The second-order valence-electron chi connectivity index (χ2n) is 3.01. The van der Waals surface area contributed by atoms with E-state index in [2.05, 4.69) is 4.74 Å². The van der Waals surface area contributed by atoms with Crippen LogP contribution in [0.25, 0.3) is 11.0 Å². The quantitative estimate of drug-likeness (QED) is 0.547. The van der Waals surface area contributed by atoms with Gasteiger partial charge in [0.05, 0.1) is 12.9 Å². The van der Waals surface area contributed by atoms with E-state index in [1.165, 1.54) is 0 Å². The summed E-state index contributed by atoms with van der Waals surface area (Å²) in [6, 6.07) is 7.88. The molecule has 1 aromatic heterocycles. The van der Waals surface area contributed by atoms with Crippen molar-refractivity contribution in [2.24, 2.45) is 0 Å². The number of carbonyl (C=O) groups is 1. The van der Waals surface area contributed by atoms with Crippen molar-refractivity contribution in [3.63, 3.8) is 0 Å². The highest BCUT2D eigenvalue weighted by atomic mass is 16.5. The molecule has 2 rings (SSSR count). The second kappa shape index (κ2) is 3.96. The van der Waals surface area contributed by atoms with Gasteiger partial charge in [0, 0.05) is 11.8 Å². The Morgan fingerprint density at radius 3 is 3.14 bits per heavy atom. The Bertz CT molecular complexity index is 431. The molecule has 1 heterocycles. The fourth-order valence-corrected chi connectivity index (χ4v) is 1.38. The molecule has 0 saturated carbocycles. The van der Waals surface area contributed by atoms with Gasteiger partial charge in [0.2, 0.25) is 0 Å². The Labute approximate surface area is 81.3 Å². The molecular weight excluding hydrogens is 180 g/mol. The molecule has 2 aromatic rings. The first-order chi connectivity index (χ1) is 6.90. The maximum Gasteiger partial charge on any atom is 0.293 e. The Kier molecular flexibility index (Phi) is 2.49. The molecule has 0 bridgehead atoms. The lowest BCUT2D eigenvalue weighted by Crippen LogP contribution is -1.95. The second-order valence-corrected chi connectivity index (χ2v) is 3.01. The number of ether oxygens (including phenoxy) is 1. The van der Waals surface area contributed by atoms with Crippen molar-refractivity contribution in [3.8, 4) is 0 Å². The molecule has 72 valence electrons. The van der Waals surface area contributed by atoms with Crippen LogP contribution in [0.15, 0.2) is 34.9 Å². The van der Waals surface area contributed by atoms with E-state index in [-0.39, 0.29) is 0 Å². The summed E-state index contributed by atoms with van der Waals surface area (Å²) in [5, 5.41) is 1.09. The largest absolute Gasteiger partial charge is 0.468 e. The summed E-state index contributed by atoms with van der Waals surface area (Å²) in [5.41, 5.74) is 1.97. The molecule has 0 spiro atoms. The van der Waals surface area contributed by atoms with Crippen LogP contribution in [0, 0.1) is 0 Å². The lowest BCUT2D eigenvalue weighted by molar-refractivity contribution is -0.128. The van der Waals surface area contributed by atoms with Gasteiger partial charge >= 0.3 is 0 Å². The van der Waals surface area contributed by atoms with Crippen molar-refractivity contribution in [1.82, 2.24) is 0 Å². The van der Waals surface area contributed by atoms with E-state index in [1.54, 1.807) is 6.26 Å². The fourth-order valence-electron chi connectivity index (χ4n) is 1.38. The average Bonchev–Trinajstić information content (AvgIpc) is 2.65. The third-order valence-corrected chi connectivity index (χ3v) is 2.10. The minimum atomic E-state index is 0.412. The van der Waals surface area contributed by atoms with Crippen LogP contribution in [0.2, 0.25) is 0 Å². The maximum atomic E-state index is 9.93. The van der Waals surface area contributed by atoms with Crippen molar-refractivity contribution < 1.29 is 13.9 Å². The standard InChI is InChI=1S/C11H10O3/c12-8-13-5-3-9-1-2-10-4-6-14-11(10)7-9/h1-2,4,6-8H,3,5H2. The Balaban J connectivity index is 2.13. The van der Waals surface area contributed by atoms with E-state index >= 15 is 0 Å². The monoisotopic (exact) mass is 190 g/mol. The molecule has 3 nitrogen and oxygen atoms in total. The highest BCUT2D eigenvalue weighted by Crippen LogP contribution is 2.17. The van der Waals surface area contributed by atoms with Gasteiger partial charge in [0.1, 0.15) is 5.58 Å². The first-order valence-electron chi connectivity index (χ1n) is 4.41. The average molecular weight is 190 g/mol. The van der Waals surface area contributed by atoms with E-state index in [9.17, 15) is 4.79 Å². The minimum absolute atomic E-state index is 0.412. The lowest BCUT2D eigenvalue weighted by Gasteiger charge is -1.99. The van der Waals surface area contributed by atoms with Gasteiger partial charge in [0.25, 0.3) is 6.47 Å². The van der Waals surface area contributed by atoms with E-state index in [0.717, 1.165) is 23.0 Å². The molecule has 3 heteroatoms. The summed E-state index contributed by atoms with van der Waals surface area (Å²) < 4.78 is 9.87. The zero-order valence-electron chi connectivity index (χ0n) is 7.60. The van der Waals surface area contributed by atoms with Crippen molar-refractivity contribution in [2.45, 2.75) is 6.42 Å². The van der Waals surface area contributed by atoms with Crippen LogP contribution in [0.1, 0.15) is 5.56 Å². The van der Waals surface area contributed by atoms with Gasteiger partial charge in [-0.3, -0.25) is 4.79 Å². The number of fused-ring (bicyclic) bond motifs is 1. The predicted octanol–water partition coefficient (Wildman–Crippen LogP) is 2.15. The van der Waals surface area contributed by atoms with Gasteiger partial charge in [-0.25, -0.2) is 0 Å². The van der Waals surface area contributed by atoms with E-state index < -0.39 is 0 Å². The van der Waals surface area contributed by atoms with Crippen LogP contribution in [-0.4, -0.2) is 13.1 Å². The van der Waals surface area contributed by atoms with E-state index in [4.69, 9.17) is 4.42 Å². The number of carbonyl (C=O) groups excluding carboxylic acids is 1. The molecule has 1 aromatic carbocycles. The van der Waals surface area contributed by atoms with Crippen LogP contribution < -0.4 is 0 Å². The molecule has 0 aliphatic heterocycles. The van der Waals surface area contributed by atoms with Crippen molar-refractivity contribution >= 4 is 17.4 Å².